The number of carbonyl (C=O) groups is 1. The topological polar surface area (TPSA) is 84.7 Å². The van der Waals surface area contributed by atoms with Crippen molar-refractivity contribution in [1.82, 2.24) is 25.5 Å². The van der Waals surface area contributed by atoms with E-state index < -0.39 is 0 Å². The second kappa shape index (κ2) is 5.79. The Morgan fingerprint density at radius 3 is 3.00 bits per heavy atom. The summed E-state index contributed by atoms with van der Waals surface area (Å²) in [5.74, 6) is 1.10. The van der Waals surface area contributed by atoms with Crippen LogP contribution in [0.5, 0.6) is 0 Å². The van der Waals surface area contributed by atoms with E-state index in [0.717, 1.165) is 18.7 Å². The zero-order valence-electron chi connectivity index (χ0n) is 11.5. The predicted molar refractivity (Wildman–Crippen MR) is 78.7 cm³/mol. The molecule has 21 heavy (non-hydrogen) atoms. The molecule has 0 atom stereocenters. The maximum atomic E-state index is 11.6. The molecular weight excluding hydrogens is 292 g/mol. The monoisotopic (exact) mass is 306 g/mol. The van der Waals surface area contributed by atoms with Crippen LogP contribution in [0.15, 0.2) is 18.2 Å². The molecule has 2 aromatic rings. The summed E-state index contributed by atoms with van der Waals surface area (Å²) in [4.78, 5) is 11.6. The third-order valence-corrected chi connectivity index (χ3v) is 3.55. The molecule has 1 aromatic heterocycles. The molecule has 1 heterocycles. The maximum absolute atomic E-state index is 11.6. The van der Waals surface area contributed by atoms with E-state index in [1.54, 1.807) is 29.9 Å². The Labute approximate surface area is 126 Å². The van der Waals surface area contributed by atoms with Crippen LogP contribution >= 0.6 is 11.6 Å². The molecule has 0 unspecified atom stereocenters. The number of hydrogen-bond donors (Lipinski definition) is 2. The first-order valence-electron chi connectivity index (χ1n) is 6.71. The first-order chi connectivity index (χ1) is 10.2. The minimum atomic E-state index is -0.120. The van der Waals surface area contributed by atoms with Crippen LogP contribution in [0.25, 0.3) is 5.69 Å². The van der Waals surface area contributed by atoms with Crippen molar-refractivity contribution < 1.29 is 4.79 Å². The van der Waals surface area contributed by atoms with Crippen LogP contribution in [0.4, 0.5) is 5.69 Å². The van der Waals surface area contributed by atoms with Crippen molar-refractivity contribution >= 4 is 23.2 Å². The summed E-state index contributed by atoms with van der Waals surface area (Å²) in [6.45, 7) is 0.246. The Morgan fingerprint density at radius 1 is 1.48 bits per heavy atom. The lowest BCUT2D eigenvalue weighted by Gasteiger charge is -2.10. The number of halogens is 1. The van der Waals surface area contributed by atoms with E-state index in [1.165, 1.54) is 0 Å². The molecule has 1 aliphatic rings. The van der Waals surface area contributed by atoms with Crippen LogP contribution in [0, 0.1) is 0 Å². The lowest BCUT2D eigenvalue weighted by atomic mass is 10.2. The van der Waals surface area contributed by atoms with Gasteiger partial charge in [0.1, 0.15) is 0 Å². The number of benzene rings is 1. The smallest absolute Gasteiger partial charge is 0.238 e. The van der Waals surface area contributed by atoms with Gasteiger partial charge in [0.25, 0.3) is 0 Å². The molecule has 0 bridgehead atoms. The van der Waals surface area contributed by atoms with Crippen LogP contribution in [0.1, 0.15) is 24.6 Å². The highest BCUT2D eigenvalue weighted by Gasteiger charge is 2.30. The van der Waals surface area contributed by atoms with Gasteiger partial charge in [0.2, 0.25) is 5.91 Å². The van der Waals surface area contributed by atoms with Crippen LogP contribution in [-0.2, 0) is 4.79 Å². The van der Waals surface area contributed by atoms with Gasteiger partial charge >= 0.3 is 0 Å². The van der Waals surface area contributed by atoms with E-state index in [0.29, 0.717) is 22.3 Å². The fraction of sp³-hybridized carbons (Fsp3) is 0.385. The minimum absolute atomic E-state index is 0.120. The molecule has 7 nitrogen and oxygen atoms in total. The van der Waals surface area contributed by atoms with Crippen LogP contribution in [0.2, 0.25) is 5.02 Å². The van der Waals surface area contributed by atoms with E-state index in [2.05, 4.69) is 26.2 Å². The largest absolute Gasteiger partial charge is 0.325 e. The van der Waals surface area contributed by atoms with Gasteiger partial charge in [0, 0.05) is 11.6 Å². The third-order valence-electron chi connectivity index (χ3n) is 3.23. The fourth-order valence-corrected chi connectivity index (χ4v) is 2.28. The van der Waals surface area contributed by atoms with Crippen LogP contribution in [-0.4, -0.2) is 39.7 Å². The van der Waals surface area contributed by atoms with Crippen LogP contribution < -0.4 is 10.6 Å². The summed E-state index contributed by atoms with van der Waals surface area (Å²) >= 11 is 6.24. The summed E-state index contributed by atoms with van der Waals surface area (Å²) in [5, 5.41) is 17.9. The van der Waals surface area contributed by atoms with E-state index in [1.807, 2.05) is 0 Å². The number of likely N-dealkylation sites (N-methyl/N-ethyl adjacent to an activating group) is 1. The lowest BCUT2D eigenvalue weighted by molar-refractivity contribution is -0.115. The van der Waals surface area contributed by atoms with Crippen molar-refractivity contribution in [3.63, 3.8) is 0 Å². The molecule has 110 valence electrons. The quantitative estimate of drug-likeness (QED) is 0.871. The average molecular weight is 307 g/mol. The molecular formula is C13H15ClN6O. The minimum Gasteiger partial charge on any atom is -0.325 e. The number of tetrazole rings is 1. The summed E-state index contributed by atoms with van der Waals surface area (Å²) < 4.78 is 1.65. The SMILES string of the molecule is CNCC(=O)Nc1ccc(Cl)c(-n2nnnc2C2CC2)c1. The van der Waals surface area contributed by atoms with Gasteiger partial charge in [0.05, 0.1) is 17.3 Å². The van der Waals surface area contributed by atoms with Crippen molar-refractivity contribution in [2.24, 2.45) is 0 Å². The highest BCUT2D eigenvalue weighted by Crippen LogP contribution is 2.39. The number of rotatable bonds is 5. The van der Waals surface area contributed by atoms with E-state index in [9.17, 15) is 4.79 Å². The number of carbonyl (C=O) groups excluding carboxylic acids is 1. The molecule has 2 N–H and O–H groups in total. The zero-order valence-corrected chi connectivity index (χ0v) is 12.3. The molecule has 8 heteroatoms. The first-order valence-corrected chi connectivity index (χ1v) is 7.09. The van der Waals surface area contributed by atoms with E-state index >= 15 is 0 Å². The second-order valence-corrected chi connectivity index (χ2v) is 5.38. The molecule has 1 aromatic carbocycles. The van der Waals surface area contributed by atoms with Gasteiger partial charge in [-0.2, -0.15) is 4.68 Å². The van der Waals surface area contributed by atoms with Crippen molar-refractivity contribution in [3.05, 3.63) is 29.0 Å². The van der Waals surface area contributed by atoms with Gasteiger partial charge in [0.15, 0.2) is 5.82 Å². The fourth-order valence-electron chi connectivity index (χ4n) is 2.08. The van der Waals surface area contributed by atoms with Crippen molar-refractivity contribution in [3.8, 4) is 5.69 Å². The van der Waals surface area contributed by atoms with Crippen molar-refractivity contribution in [2.45, 2.75) is 18.8 Å². The number of amides is 1. The number of aromatic nitrogens is 4. The van der Waals surface area contributed by atoms with Gasteiger partial charge in [-0.1, -0.05) is 11.6 Å². The van der Waals surface area contributed by atoms with E-state index in [-0.39, 0.29) is 12.5 Å². The molecule has 1 amide bonds. The predicted octanol–water partition coefficient (Wildman–Crippen LogP) is 1.35. The van der Waals surface area contributed by atoms with Gasteiger partial charge in [-0.25, -0.2) is 0 Å². The molecule has 3 rings (SSSR count). The standard InChI is InChI=1S/C13H15ClN6O/c1-15-7-12(21)16-9-4-5-10(14)11(6-9)20-13(8-2-3-8)17-18-19-20/h4-6,8,15H,2-3,7H2,1H3,(H,16,21). The van der Waals surface area contributed by atoms with Gasteiger partial charge in [-0.3, -0.25) is 4.79 Å². The number of nitrogens with zero attached hydrogens (tertiary/aromatic N) is 4. The molecule has 1 aliphatic carbocycles. The maximum Gasteiger partial charge on any atom is 0.238 e. The second-order valence-electron chi connectivity index (χ2n) is 4.97. The first kappa shape index (κ1) is 14.0. The zero-order chi connectivity index (χ0) is 14.8. The van der Waals surface area contributed by atoms with Gasteiger partial charge in [-0.05, 0) is 48.5 Å². The number of anilines is 1. The summed E-state index contributed by atoms with van der Waals surface area (Å²) in [7, 11) is 1.72. The third kappa shape index (κ3) is 3.03. The molecule has 1 fully saturated rings. The molecule has 1 saturated carbocycles. The Morgan fingerprint density at radius 2 is 2.29 bits per heavy atom. The molecule has 0 aliphatic heterocycles. The lowest BCUT2D eigenvalue weighted by Crippen LogP contribution is -2.25. The number of hydrogen-bond acceptors (Lipinski definition) is 5. The molecule has 0 radical (unpaired) electrons. The Balaban J connectivity index is 1.90. The summed E-state index contributed by atoms with van der Waals surface area (Å²) in [5.41, 5.74) is 1.33. The summed E-state index contributed by atoms with van der Waals surface area (Å²) in [6, 6.07) is 5.25. The number of nitrogens with one attached hydrogen (secondary N) is 2. The highest BCUT2D eigenvalue weighted by molar-refractivity contribution is 6.32. The average Bonchev–Trinajstić information content (AvgIpc) is 3.19. The highest BCUT2D eigenvalue weighted by atomic mass is 35.5. The van der Waals surface area contributed by atoms with Crippen LogP contribution in [0.3, 0.4) is 0 Å². The van der Waals surface area contributed by atoms with Crippen molar-refractivity contribution in [1.29, 1.82) is 0 Å². The van der Waals surface area contributed by atoms with Gasteiger partial charge in [-0.15, -0.1) is 5.10 Å². The molecule has 0 spiro atoms. The van der Waals surface area contributed by atoms with E-state index in [4.69, 9.17) is 11.6 Å². The Kier molecular flexibility index (Phi) is 3.85. The molecule has 0 saturated heterocycles. The summed E-state index contributed by atoms with van der Waals surface area (Å²) in [6.07, 6.45) is 2.19. The normalized spacial score (nSPS) is 14.2. The Hall–Kier alpha value is -1.99. The Bertz CT molecular complexity index is 666. The van der Waals surface area contributed by atoms with Gasteiger partial charge < -0.3 is 10.6 Å². The van der Waals surface area contributed by atoms with Crippen molar-refractivity contribution in [2.75, 3.05) is 18.9 Å².